The third-order valence-electron chi connectivity index (χ3n) is 4.84. The highest BCUT2D eigenvalue weighted by Crippen LogP contribution is 2.33. The molecule has 1 aromatic carbocycles. The number of nitrogens with zero attached hydrogens (tertiary/aromatic N) is 2. The second-order valence-corrected chi connectivity index (χ2v) is 8.30. The SMILES string of the molecule is CC(C)(C)OC(=O)N1C=C(c2c[nH]c3ncc(-c4cccc(O)c4)cc23)CCC1. The van der Waals surface area contributed by atoms with Crippen LogP contribution in [0, 0.1) is 0 Å². The maximum Gasteiger partial charge on any atom is 0.414 e. The van der Waals surface area contributed by atoms with Crippen LogP contribution in [0.4, 0.5) is 4.79 Å². The molecular weight excluding hydrogens is 366 g/mol. The fraction of sp³-hybridized carbons (Fsp3) is 0.304. The molecule has 29 heavy (non-hydrogen) atoms. The van der Waals surface area contributed by atoms with Crippen LogP contribution in [0.1, 0.15) is 39.2 Å². The van der Waals surface area contributed by atoms with E-state index in [4.69, 9.17) is 4.74 Å². The monoisotopic (exact) mass is 391 g/mol. The lowest BCUT2D eigenvalue weighted by atomic mass is 9.98. The van der Waals surface area contributed by atoms with Crippen molar-refractivity contribution < 1.29 is 14.6 Å². The number of pyridine rings is 1. The predicted octanol–water partition coefficient (Wildman–Crippen LogP) is 5.31. The molecular formula is C23H25N3O3. The molecule has 0 unspecified atom stereocenters. The summed E-state index contributed by atoms with van der Waals surface area (Å²) in [6.07, 6.45) is 7.04. The van der Waals surface area contributed by atoms with Gasteiger partial charge >= 0.3 is 6.09 Å². The molecule has 0 fully saturated rings. The van der Waals surface area contributed by atoms with E-state index in [0.717, 1.165) is 46.1 Å². The van der Waals surface area contributed by atoms with Crippen LogP contribution in [0.5, 0.6) is 5.75 Å². The van der Waals surface area contributed by atoms with Crippen LogP contribution in [0.25, 0.3) is 27.7 Å². The summed E-state index contributed by atoms with van der Waals surface area (Å²) in [5, 5.41) is 10.8. The van der Waals surface area contributed by atoms with Crippen molar-refractivity contribution in [3.05, 3.63) is 54.5 Å². The summed E-state index contributed by atoms with van der Waals surface area (Å²) in [6, 6.07) is 9.19. The molecule has 0 atom stereocenters. The number of hydrogen-bond donors (Lipinski definition) is 2. The molecule has 2 aromatic heterocycles. The molecule has 0 spiro atoms. The molecule has 2 N–H and O–H groups in total. The number of benzene rings is 1. The van der Waals surface area contributed by atoms with E-state index < -0.39 is 5.60 Å². The van der Waals surface area contributed by atoms with Gasteiger partial charge in [-0.25, -0.2) is 9.78 Å². The van der Waals surface area contributed by atoms with E-state index in [1.165, 1.54) is 0 Å². The van der Waals surface area contributed by atoms with Crippen molar-refractivity contribution in [2.24, 2.45) is 0 Å². The van der Waals surface area contributed by atoms with Gasteiger partial charge < -0.3 is 14.8 Å². The van der Waals surface area contributed by atoms with Gasteiger partial charge in [0.25, 0.3) is 0 Å². The van der Waals surface area contributed by atoms with Gasteiger partial charge in [-0.15, -0.1) is 0 Å². The minimum Gasteiger partial charge on any atom is -0.508 e. The molecule has 0 aliphatic carbocycles. The minimum atomic E-state index is -0.524. The van der Waals surface area contributed by atoms with Gasteiger partial charge in [-0.05, 0) is 62.9 Å². The van der Waals surface area contributed by atoms with Crippen LogP contribution in [0.3, 0.4) is 0 Å². The first-order valence-electron chi connectivity index (χ1n) is 9.77. The van der Waals surface area contributed by atoms with Crippen LogP contribution in [0.15, 0.2) is 48.9 Å². The Morgan fingerprint density at radius 1 is 1.24 bits per heavy atom. The molecule has 1 aliphatic rings. The van der Waals surface area contributed by atoms with E-state index in [9.17, 15) is 9.90 Å². The molecule has 1 amide bonds. The summed E-state index contributed by atoms with van der Waals surface area (Å²) in [5.74, 6) is 0.222. The Hall–Kier alpha value is -3.28. The number of aromatic amines is 1. The molecule has 1 aliphatic heterocycles. The number of aromatic hydroxyl groups is 1. The van der Waals surface area contributed by atoms with Crippen molar-refractivity contribution in [2.75, 3.05) is 6.54 Å². The van der Waals surface area contributed by atoms with Crippen LogP contribution < -0.4 is 0 Å². The number of rotatable bonds is 2. The van der Waals surface area contributed by atoms with Crippen molar-refractivity contribution in [1.82, 2.24) is 14.9 Å². The van der Waals surface area contributed by atoms with E-state index in [2.05, 4.69) is 16.0 Å². The summed E-state index contributed by atoms with van der Waals surface area (Å²) in [5.41, 5.74) is 4.20. The van der Waals surface area contributed by atoms with Crippen molar-refractivity contribution >= 4 is 22.7 Å². The first-order chi connectivity index (χ1) is 13.8. The molecule has 4 rings (SSSR count). The molecule has 3 aromatic rings. The van der Waals surface area contributed by atoms with Crippen LogP contribution in [0.2, 0.25) is 0 Å². The molecule has 150 valence electrons. The highest BCUT2D eigenvalue weighted by molar-refractivity contribution is 5.93. The largest absolute Gasteiger partial charge is 0.508 e. The Labute approximate surface area is 169 Å². The number of carbonyl (C=O) groups excluding carboxylic acids is 1. The third-order valence-corrected chi connectivity index (χ3v) is 4.84. The van der Waals surface area contributed by atoms with Gasteiger partial charge in [0, 0.05) is 41.7 Å². The number of H-pyrrole nitrogens is 1. The van der Waals surface area contributed by atoms with E-state index in [1.807, 2.05) is 45.3 Å². The average molecular weight is 391 g/mol. The van der Waals surface area contributed by atoms with Crippen molar-refractivity contribution in [1.29, 1.82) is 0 Å². The Bertz CT molecular complexity index is 1090. The number of allylic oxidation sites excluding steroid dienone is 1. The Kier molecular flexibility index (Phi) is 4.78. The predicted molar refractivity (Wildman–Crippen MR) is 113 cm³/mol. The van der Waals surface area contributed by atoms with Gasteiger partial charge in [0.2, 0.25) is 0 Å². The topological polar surface area (TPSA) is 78.5 Å². The van der Waals surface area contributed by atoms with Crippen LogP contribution in [-0.4, -0.2) is 38.2 Å². The van der Waals surface area contributed by atoms with Crippen molar-refractivity contribution in [3.8, 4) is 16.9 Å². The Balaban J connectivity index is 1.70. The van der Waals surface area contributed by atoms with E-state index >= 15 is 0 Å². The van der Waals surface area contributed by atoms with E-state index in [0.29, 0.717) is 6.54 Å². The zero-order valence-electron chi connectivity index (χ0n) is 16.9. The fourth-order valence-corrected chi connectivity index (χ4v) is 3.54. The molecule has 6 nitrogen and oxygen atoms in total. The smallest absolute Gasteiger partial charge is 0.414 e. The van der Waals surface area contributed by atoms with Crippen molar-refractivity contribution in [2.45, 2.75) is 39.2 Å². The highest BCUT2D eigenvalue weighted by atomic mass is 16.6. The number of carbonyl (C=O) groups is 1. The van der Waals surface area contributed by atoms with Crippen LogP contribution >= 0.6 is 0 Å². The zero-order chi connectivity index (χ0) is 20.6. The van der Waals surface area contributed by atoms with Gasteiger partial charge in [0.05, 0.1) is 0 Å². The Morgan fingerprint density at radius 2 is 2.07 bits per heavy atom. The lowest BCUT2D eigenvalue weighted by molar-refractivity contribution is 0.0329. The zero-order valence-corrected chi connectivity index (χ0v) is 16.9. The van der Waals surface area contributed by atoms with Gasteiger partial charge in [-0.3, -0.25) is 4.90 Å². The number of fused-ring (bicyclic) bond motifs is 1. The summed E-state index contributed by atoms with van der Waals surface area (Å²) in [4.78, 5) is 21.9. The standard InChI is InChI=1S/C23H25N3O3/c1-23(2,3)29-22(28)26-9-5-7-16(14-26)20-13-25-21-19(20)11-17(12-24-21)15-6-4-8-18(27)10-15/h4,6,8,10-14,27H,5,7,9H2,1-3H3,(H,24,25). The van der Waals surface area contributed by atoms with Gasteiger partial charge in [0.15, 0.2) is 0 Å². The van der Waals surface area contributed by atoms with Gasteiger partial charge in [-0.1, -0.05) is 12.1 Å². The number of phenolic OH excluding ortho intramolecular Hbond substituents is 1. The second kappa shape index (κ2) is 7.28. The lowest BCUT2D eigenvalue weighted by Crippen LogP contribution is -2.35. The first kappa shape index (κ1) is 19.1. The molecule has 0 saturated heterocycles. The van der Waals surface area contributed by atoms with Gasteiger partial charge in [-0.2, -0.15) is 0 Å². The number of nitrogens with one attached hydrogen (secondary N) is 1. The number of aromatic nitrogens is 2. The molecule has 0 radical (unpaired) electrons. The normalized spacial score (nSPS) is 14.7. The summed E-state index contributed by atoms with van der Waals surface area (Å²) in [7, 11) is 0. The van der Waals surface area contributed by atoms with E-state index in [1.54, 1.807) is 23.2 Å². The number of phenols is 1. The average Bonchev–Trinajstić information content (AvgIpc) is 3.10. The summed E-state index contributed by atoms with van der Waals surface area (Å²) < 4.78 is 5.52. The first-order valence-corrected chi connectivity index (χ1v) is 9.77. The van der Waals surface area contributed by atoms with Crippen LogP contribution in [-0.2, 0) is 4.74 Å². The molecule has 3 heterocycles. The Morgan fingerprint density at radius 3 is 2.83 bits per heavy atom. The molecule has 0 bridgehead atoms. The maximum atomic E-state index is 12.5. The highest BCUT2D eigenvalue weighted by Gasteiger charge is 2.24. The van der Waals surface area contributed by atoms with Gasteiger partial charge in [0.1, 0.15) is 17.0 Å². The lowest BCUT2D eigenvalue weighted by Gasteiger charge is -2.28. The van der Waals surface area contributed by atoms with Crippen molar-refractivity contribution in [3.63, 3.8) is 0 Å². The quantitative estimate of drug-likeness (QED) is 0.621. The number of ether oxygens (including phenoxy) is 1. The molecule has 0 saturated carbocycles. The minimum absolute atomic E-state index is 0.222. The second-order valence-electron chi connectivity index (χ2n) is 8.30. The number of amides is 1. The fourth-order valence-electron chi connectivity index (χ4n) is 3.54. The summed E-state index contributed by atoms with van der Waals surface area (Å²) in [6.45, 7) is 6.25. The maximum absolute atomic E-state index is 12.5. The third kappa shape index (κ3) is 4.11. The summed E-state index contributed by atoms with van der Waals surface area (Å²) >= 11 is 0. The number of hydrogen-bond acceptors (Lipinski definition) is 4. The molecule has 6 heteroatoms. The van der Waals surface area contributed by atoms with E-state index in [-0.39, 0.29) is 11.8 Å².